The van der Waals surface area contributed by atoms with E-state index in [4.69, 9.17) is 5.73 Å². The average molecular weight is 312 g/mol. The molecule has 5 nitrogen and oxygen atoms in total. The minimum Gasteiger partial charge on any atom is -0.372 e. The van der Waals surface area contributed by atoms with Crippen molar-refractivity contribution in [3.8, 4) is 0 Å². The molecule has 1 saturated heterocycles. The summed E-state index contributed by atoms with van der Waals surface area (Å²) in [5, 5.41) is 5.70. The molecule has 0 bridgehead atoms. The molecule has 0 spiro atoms. The molecule has 2 aromatic carbocycles. The Balaban J connectivity index is 2.04. The van der Waals surface area contributed by atoms with Crippen LogP contribution in [0, 0.1) is 0 Å². The molecule has 0 radical (unpaired) electrons. The summed E-state index contributed by atoms with van der Waals surface area (Å²) < 4.78 is 0. The van der Waals surface area contributed by atoms with Gasteiger partial charge in [0.15, 0.2) is 0 Å². The first-order valence-electron chi connectivity index (χ1n) is 8.07. The molecule has 1 atom stereocenters. The van der Waals surface area contributed by atoms with E-state index in [2.05, 4.69) is 58.6 Å². The molecule has 1 aliphatic heterocycles. The van der Waals surface area contributed by atoms with E-state index in [9.17, 15) is 4.79 Å². The van der Waals surface area contributed by atoms with Crippen molar-refractivity contribution in [2.45, 2.75) is 13.0 Å². The van der Waals surface area contributed by atoms with Gasteiger partial charge in [-0.25, -0.2) is 0 Å². The van der Waals surface area contributed by atoms with Crippen LogP contribution in [0.3, 0.4) is 0 Å². The molecule has 0 aliphatic carbocycles. The Labute approximate surface area is 137 Å². The van der Waals surface area contributed by atoms with Gasteiger partial charge in [0.25, 0.3) is 0 Å². The van der Waals surface area contributed by atoms with E-state index in [0.717, 1.165) is 31.9 Å². The number of amides is 1. The van der Waals surface area contributed by atoms with Crippen molar-refractivity contribution in [2.75, 3.05) is 43.4 Å². The standard InChI is InChI=1S/C18H24N4O/c1-13(18(19)23)20-16-8-7-14-5-3-4-6-15(14)17(16)22-11-9-21(2)10-12-22/h3-8,13,20H,9-12H2,1-2H3,(H2,19,23). The first kappa shape index (κ1) is 15.6. The van der Waals surface area contributed by atoms with Crippen LogP contribution < -0.4 is 16.0 Å². The Kier molecular flexibility index (Phi) is 4.39. The van der Waals surface area contributed by atoms with E-state index < -0.39 is 6.04 Å². The molecule has 3 N–H and O–H groups in total. The van der Waals surface area contributed by atoms with Crippen molar-refractivity contribution in [3.63, 3.8) is 0 Å². The van der Waals surface area contributed by atoms with Gasteiger partial charge in [-0.05, 0) is 25.4 Å². The SMILES string of the molecule is CC(Nc1ccc2ccccc2c1N1CCN(C)CC1)C(N)=O. The molecule has 5 heteroatoms. The van der Waals surface area contributed by atoms with Gasteiger partial charge in [0.05, 0.1) is 11.4 Å². The first-order chi connectivity index (χ1) is 11.1. The van der Waals surface area contributed by atoms with Crippen molar-refractivity contribution in [3.05, 3.63) is 36.4 Å². The van der Waals surface area contributed by atoms with Gasteiger partial charge in [-0.15, -0.1) is 0 Å². The highest BCUT2D eigenvalue weighted by Gasteiger charge is 2.21. The highest BCUT2D eigenvalue weighted by atomic mass is 16.1. The van der Waals surface area contributed by atoms with E-state index in [0.29, 0.717) is 0 Å². The predicted molar refractivity (Wildman–Crippen MR) is 95.9 cm³/mol. The van der Waals surface area contributed by atoms with E-state index in [1.54, 1.807) is 6.92 Å². The number of likely N-dealkylation sites (N-methyl/N-ethyl adjacent to an activating group) is 1. The second-order valence-corrected chi connectivity index (χ2v) is 6.24. The highest BCUT2D eigenvalue weighted by Crippen LogP contribution is 2.35. The molecule has 2 aromatic rings. The maximum Gasteiger partial charge on any atom is 0.239 e. The maximum atomic E-state index is 11.4. The Hall–Kier alpha value is -2.27. The fourth-order valence-corrected chi connectivity index (χ4v) is 3.05. The summed E-state index contributed by atoms with van der Waals surface area (Å²) in [5.74, 6) is -0.345. The number of fused-ring (bicyclic) bond motifs is 1. The number of nitrogens with one attached hydrogen (secondary N) is 1. The fraction of sp³-hybridized carbons (Fsp3) is 0.389. The van der Waals surface area contributed by atoms with Gasteiger partial charge in [-0.2, -0.15) is 0 Å². The molecule has 122 valence electrons. The summed E-state index contributed by atoms with van der Waals surface area (Å²) in [6, 6.07) is 12.1. The van der Waals surface area contributed by atoms with E-state index in [-0.39, 0.29) is 5.91 Å². The van der Waals surface area contributed by atoms with Crippen LogP contribution in [0.1, 0.15) is 6.92 Å². The minimum absolute atomic E-state index is 0.345. The van der Waals surface area contributed by atoms with Gasteiger partial charge in [0, 0.05) is 31.6 Å². The van der Waals surface area contributed by atoms with Crippen molar-refractivity contribution in [2.24, 2.45) is 5.73 Å². The first-order valence-corrected chi connectivity index (χ1v) is 8.07. The van der Waals surface area contributed by atoms with Crippen LogP contribution in [0.4, 0.5) is 11.4 Å². The van der Waals surface area contributed by atoms with Crippen LogP contribution in [0.2, 0.25) is 0 Å². The third-order valence-corrected chi connectivity index (χ3v) is 4.52. The third-order valence-electron chi connectivity index (χ3n) is 4.52. The smallest absolute Gasteiger partial charge is 0.239 e. The van der Waals surface area contributed by atoms with Crippen molar-refractivity contribution in [1.29, 1.82) is 0 Å². The Bertz CT molecular complexity index is 707. The molecule has 0 saturated carbocycles. The summed E-state index contributed by atoms with van der Waals surface area (Å²) in [7, 11) is 2.15. The van der Waals surface area contributed by atoms with Crippen LogP contribution >= 0.6 is 0 Å². The zero-order chi connectivity index (χ0) is 16.4. The van der Waals surface area contributed by atoms with Gasteiger partial charge in [0.1, 0.15) is 6.04 Å². The largest absolute Gasteiger partial charge is 0.372 e. The second-order valence-electron chi connectivity index (χ2n) is 6.24. The quantitative estimate of drug-likeness (QED) is 0.905. The number of nitrogens with two attached hydrogens (primary N) is 1. The van der Waals surface area contributed by atoms with Gasteiger partial charge in [-0.3, -0.25) is 4.79 Å². The van der Waals surface area contributed by atoms with Gasteiger partial charge >= 0.3 is 0 Å². The van der Waals surface area contributed by atoms with Crippen LogP contribution in [0.15, 0.2) is 36.4 Å². The number of carbonyl (C=O) groups is 1. The van der Waals surface area contributed by atoms with E-state index in [1.807, 2.05) is 0 Å². The lowest BCUT2D eigenvalue weighted by Gasteiger charge is -2.36. The predicted octanol–water partition coefficient (Wildman–Crippen LogP) is 1.88. The maximum absolute atomic E-state index is 11.4. The van der Waals surface area contributed by atoms with Crippen LogP contribution in [-0.4, -0.2) is 50.1 Å². The molecule has 1 fully saturated rings. The lowest BCUT2D eigenvalue weighted by molar-refractivity contribution is -0.118. The Morgan fingerprint density at radius 2 is 1.83 bits per heavy atom. The Morgan fingerprint density at radius 1 is 1.13 bits per heavy atom. The number of benzene rings is 2. The van der Waals surface area contributed by atoms with Crippen LogP contribution in [-0.2, 0) is 4.79 Å². The number of carbonyl (C=O) groups excluding carboxylic acids is 1. The van der Waals surface area contributed by atoms with Crippen LogP contribution in [0.5, 0.6) is 0 Å². The lowest BCUT2D eigenvalue weighted by atomic mass is 10.0. The van der Waals surface area contributed by atoms with Crippen LogP contribution in [0.25, 0.3) is 10.8 Å². The number of hydrogen-bond donors (Lipinski definition) is 2. The molecule has 1 unspecified atom stereocenters. The molecule has 1 heterocycles. The number of rotatable bonds is 4. The van der Waals surface area contributed by atoms with Gasteiger partial charge < -0.3 is 20.9 Å². The number of nitrogens with zero attached hydrogens (tertiary/aromatic N) is 2. The number of anilines is 2. The summed E-state index contributed by atoms with van der Waals surface area (Å²) in [6.07, 6.45) is 0. The molecule has 1 amide bonds. The van der Waals surface area contributed by atoms with E-state index in [1.165, 1.54) is 16.5 Å². The van der Waals surface area contributed by atoms with Gasteiger partial charge in [-0.1, -0.05) is 30.3 Å². The normalized spacial score (nSPS) is 17.2. The zero-order valence-corrected chi connectivity index (χ0v) is 13.7. The number of primary amides is 1. The topological polar surface area (TPSA) is 61.6 Å². The molecule has 1 aliphatic rings. The number of piperazine rings is 1. The average Bonchev–Trinajstić information content (AvgIpc) is 2.55. The monoisotopic (exact) mass is 312 g/mol. The minimum atomic E-state index is -0.401. The molecular weight excluding hydrogens is 288 g/mol. The van der Waals surface area contributed by atoms with Gasteiger partial charge in [0.2, 0.25) is 5.91 Å². The molecule has 23 heavy (non-hydrogen) atoms. The summed E-state index contributed by atoms with van der Waals surface area (Å²) in [4.78, 5) is 16.2. The highest BCUT2D eigenvalue weighted by molar-refractivity contribution is 6.01. The molecular formula is C18H24N4O. The molecule has 3 rings (SSSR count). The Morgan fingerprint density at radius 3 is 2.52 bits per heavy atom. The summed E-state index contributed by atoms with van der Waals surface area (Å²) in [5.41, 5.74) is 7.56. The third kappa shape index (κ3) is 3.24. The zero-order valence-electron chi connectivity index (χ0n) is 13.7. The van der Waals surface area contributed by atoms with Crippen molar-refractivity contribution in [1.82, 2.24) is 4.90 Å². The number of hydrogen-bond acceptors (Lipinski definition) is 4. The fourth-order valence-electron chi connectivity index (χ4n) is 3.05. The summed E-state index contributed by atoms with van der Waals surface area (Å²) >= 11 is 0. The molecule has 0 aromatic heterocycles. The van der Waals surface area contributed by atoms with E-state index >= 15 is 0 Å². The second kappa shape index (κ2) is 6.46. The lowest BCUT2D eigenvalue weighted by Crippen LogP contribution is -2.45. The van der Waals surface area contributed by atoms with Crippen molar-refractivity contribution >= 4 is 28.1 Å². The van der Waals surface area contributed by atoms with Crippen molar-refractivity contribution < 1.29 is 4.79 Å². The summed E-state index contributed by atoms with van der Waals surface area (Å²) in [6.45, 7) is 5.82.